The van der Waals surface area contributed by atoms with Crippen LogP contribution >= 0.6 is 0 Å². The number of rotatable bonds is 21. The fraction of sp³-hybridized carbons (Fsp3) is 0.634. The number of anilines is 2. The Morgan fingerprint density at radius 3 is 1.92 bits per heavy atom. The summed E-state index contributed by atoms with van der Waals surface area (Å²) in [6, 6.07) is -0.784. The first-order chi connectivity index (χ1) is 30.9. The van der Waals surface area contributed by atoms with Crippen molar-refractivity contribution in [2.24, 2.45) is 10.7 Å². The third-order valence-corrected chi connectivity index (χ3v) is 10.8. The molecule has 0 unspecified atom stereocenters. The summed E-state index contributed by atoms with van der Waals surface area (Å²) in [6.45, 7) is 12.1. The molecule has 375 valence electrons. The van der Waals surface area contributed by atoms with Gasteiger partial charge in [0.2, 0.25) is 23.6 Å². The molecule has 2 aromatic heterocycles. The number of hydrogen-bond donors (Lipinski definition) is 7. The zero-order valence-electron chi connectivity index (χ0n) is 38.0. The van der Waals surface area contributed by atoms with Crippen LogP contribution in [0.5, 0.6) is 0 Å². The van der Waals surface area contributed by atoms with Gasteiger partial charge in [0.1, 0.15) is 11.9 Å². The predicted molar refractivity (Wildman–Crippen MR) is 240 cm³/mol. The SMILES string of the molecule is C=CC(=O)N[C@@H]1CN(c2nc(N/C(C=NCCCCCNC(=O)CN3CCN(CC(=O)O)CCN(CC(=O)O)CCN(CC(=O)O)CC3)=C(/N)OC)c3ncn(C(C)(C)C)c3n2)C[C@H]1F.[Lu]. The second-order valence-electron chi connectivity index (χ2n) is 16.9. The third kappa shape index (κ3) is 18.2. The summed E-state index contributed by atoms with van der Waals surface area (Å²) < 4.78 is 22.3. The second kappa shape index (κ2) is 27.2. The van der Waals surface area contributed by atoms with Crippen LogP contribution in [-0.2, 0) is 34.2 Å². The molecule has 23 nitrogen and oxygen atoms in total. The van der Waals surface area contributed by atoms with Crippen LogP contribution < -0.4 is 26.6 Å². The number of carboxylic acids is 3. The molecule has 66 heavy (non-hydrogen) atoms. The van der Waals surface area contributed by atoms with Gasteiger partial charge in [0.25, 0.3) is 0 Å². The Kier molecular flexibility index (Phi) is 22.9. The topological polar surface area (TPSA) is 290 Å². The molecule has 2 aliphatic rings. The first-order valence-corrected chi connectivity index (χ1v) is 21.6. The Morgan fingerprint density at radius 1 is 0.879 bits per heavy atom. The molecule has 0 aromatic carbocycles. The number of nitrogens with one attached hydrogen (secondary N) is 3. The Bertz CT molecular complexity index is 2000. The van der Waals surface area contributed by atoms with Crippen LogP contribution in [-0.4, -0.2) is 214 Å². The average molecular weight is 1090 g/mol. The molecule has 2 aliphatic heterocycles. The van der Waals surface area contributed by atoms with E-state index in [2.05, 4.69) is 32.5 Å². The molecule has 25 heteroatoms. The largest absolute Gasteiger partial charge is 0.481 e. The number of hydrogen-bond acceptors (Lipinski definition) is 17. The zero-order chi connectivity index (χ0) is 47.7. The minimum absolute atomic E-state index is 0. The number of carbonyl (C=O) groups is 5. The van der Waals surface area contributed by atoms with Gasteiger partial charge in [-0.25, -0.2) is 9.37 Å². The van der Waals surface area contributed by atoms with E-state index in [9.17, 15) is 39.3 Å². The maximum atomic E-state index is 15.1. The third-order valence-electron chi connectivity index (χ3n) is 10.8. The van der Waals surface area contributed by atoms with Crippen molar-refractivity contribution in [3.8, 4) is 0 Å². The van der Waals surface area contributed by atoms with Crippen LogP contribution in [0.3, 0.4) is 0 Å². The van der Waals surface area contributed by atoms with Crippen LogP contribution in [0, 0.1) is 36.9 Å². The molecule has 0 saturated carbocycles. The molecule has 4 rings (SSSR count). The maximum absolute atomic E-state index is 15.1. The van der Waals surface area contributed by atoms with Gasteiger partial charge < -0.3 is 51.2 Å². The number of aliphatic carboxylic acids is 3. The number of ether oxygens (including phenoxy) is 1. The molecule has 2 atom stereocenters. The molecule has 4 heterocycles. The standard InChI is InChI=1S/C41H65FN14O9.Lu/c1-6-31(57)47-30-22-55(21-28(30)42)40-49-38(36-39(50-40)56(27-46-36)41(2,3)4)48-29(37(43)65-5)20-44-10-8-7-9-11-45-32(58)23-51-12-14-52(24-33(59)60)16-18-54(26-35(63)64)19-17-53(15-13-51)25-34(61)62;/h6,20,27-28,30H,1,7-19,21-26,43H2,2-5H3,(H,45,58)(H,47,57)(H,59,60)(H,61,62)(H,63,64)(H,48,49,50);/b37-29-,44-20?;/t28-,30-;/m1./s1. The van der Waals surface area contributed by atoms with E-state index in [1.54, 1.807) is 25.9 Å². The Labute approximate surface area is 412 Å². The minimum atomic E-state index is -1.37. The summed E-state index contributed by atoms with van der Waals surface area (Å²) in [7, 11) is 1.41. The molecule has 0 aliphatic carbocycles. The number of imidazole rings is 1. The van der Waals surface area contributed by atoms with Crippen molar-refractivity contribution in [3.05, 3.63) is 30.6 Å². The molecule has 1 radical (unpaired) electrons. The van der Waals surface area contributed by atoms with Crippen LogP contribution in [0.15, 0.2) is 35.6 Å². The number of allylic oxidation sites excluding steroid dienone is 1. The summed E-state index contributed by atoms with van der Waals surface area (Å²) in [5.41, 5.74) is 7.06. The molecular formula is C41H65FLuN14O9. The van der Waals surface area contributed by atoms with Gasteiger partial charge in [0.15, 0.2) is 17.0 Å². The van der Waals surface area contributed by atoms with Crippen molar-refractivity contribution in [1.82, 2.24) is 49.8 Å². The Hall–Kier alpha value is -4.75. The molecule has 2 fully saturated rings. The maximum Gasteiger partial charge on any atom is 0.317 e. The minimum Gasteiger partial charge on any atom is -0.481 e. The molecule has 8 N–H and O–H groups in total. The smallest absolute Gasteiger partial charge is 0.317 e. The van der Waals surface area contributed by atoms with E-state index >= 15 is 4.39 Å². The molecule has 2 saturated heterocycles. The Morgan fingerprint density at radius 2 is 1.42 bits per heavy atom. The number of aromatic nitrogens is 4. The number of carbonyl (C=O) groups excluding carboxylic acids is 2. The van der Waals surface area contributed by atoms with Crippen LogP contribution in [0.4, 0.5) is 16.2 Å². The molecular weight excluding hydrogens is 1030 g/mol. The van der Waals surface area contributed by atoms with E-state index in [1.807, 2.05) is 30.2 Å². The van der Waals surface area contributed by atoms with Gasteiger partial charge in [-0.2, -0.15) is 9.97 Å². The quantitative estimate of drug-likeness (QED) is 0.0357. The number of nitrogens with zero attached hydrogens (tertiary/aromatic N) is 10. The number of unbranched alkanes of at least 4 members (excludes halogenated alkanes) is 2. The molecule has 2 amide bonds. The number of fused-ring (bicyclic) bond motifs is 1. The van der Waals surface area contributed by atoms with Gasteiger partial charge in [-0.1, -0.05) is 6.58 Å². The van der Waals surface area contributed by atoms with Gasteiger partial charge in [-0.15, -0.1) is 0 Å². The fourth-order valence-electron chi connectivity index (χ4n) is 7.24. The Balaban J connectivity index is 0.0000116. The van der Waals surface area contributed by atoms with E-state index in [4.69, 9.17) is 20.4 Å². The fourth-order valence-corrected chi connectivity index (χ4v) is 7.24. The number of amides is 2. The van der Waals surface area contributed by atoms with Crippen LogP contribution in [0.2, 0.25) is 0 Å². The van der Waals surface area contributed by atoms with Gasteiger partial charge in [-0.05, 0) is 46.1 Å². The van der Waals surface area contributed by atoms with Crippen molar-refractivity contribution in [1.29, 1.82) is 0 Å². The summed E-state index contributed by atoms with van der Waals surface area (Å²) in [5.74, 6) is -3.25. The average Bonchev–Trinajstić information content (AvgIpc) is 3.84. The first-order valence-electron chi connectivity index (χ1n) is 21.6. The number of alkyl halides is 1. The normalized spacial score (nSPS) is 19.0. The van der Waals surface area contributed by atoms with Crippen molar-refractivity contribution in [2.75, 3.05) is 122 Å². The summed E-state index contributed by atoms with van der Waals surface area (Å²) in [5, 5.41) is 37.1. The van der Waals surface area contributed by atoms with Crippen molar-refractivity contribution >= 4 is 58.9 Å². The monoisotopic (exact) mass is 1090 g/mol. The van der Waals surface area contributed by atoms with E-state index in [0.717, 1.165) is 12.5 Å². The van der Waals surface area contributed by atoms with Gasteiger partial charge in [0.05, 0.1) is 58.4 Å². The van der Waals surface area contributed by atoms with Gasteiger partial charge in [0, 0.05) is 114 Å². The summed E-state index contributed by atoms with van der Waals surface area (Å²) in [4.78, 5) is 86.8. The van der Waals surface area contributed by atoms with E-state index in [1.165, 1.54) is 13.3 Å². The van der Waals surface area contributed by atoms with E-state index < -0.39 is 41.6 Å². The van der Waals surface area contributed by atoms with Crippen molar-refractivity contribution in [3.63, 3.8) is 0 Å². The first kappa shape index (κ1) is 55.6. The van der Waals surface area contributed by atoms with Crippen LogP contribution in [0.25, 0.3) is 11.2 Å². The van der Waals surface area contributed by atoms with Gasteiger partial charge in [-0.3, -0.25) is 48.6 Å². The number of methoxy groups -OCH3 is 1. The van der Waals surface area contributed by atoms with E-state index in [0.29, 0.717) is 69.0 Å². The summed E-state index contributed by atoms with van der Waals surface area (Å²) >= 11 is 0. The number of nitrogens with two attached hydrogens (primary N) is 1. The number of aliphatic imine (C=N–C) groups is 1. The molecule has 0 bridgehead atoms. The van der Waals surface area contributed by atoms with Crippen molar-refractivity contribution in [2.45, 2.75) is 57.8 Å². The number of halogens is 1. The van der Waals surface area contributed by atoms with E-state index in [-0.39, 0.29) is 126 Å². The zero-order valence-corrected chi connectivity index (χ0v) is 39.7. The second-order valence-corrected chi connectivity index (χ2v) is 16.9. The van der Waals surface area contributed by atoms with Gasteiger partial charge >= 0.3 is 17.9 Å². The molecule has 2 aromatic rings. The number of carboxylic acid groups (broad SMARTS) is 3. The molecule has 0 spiro atoms. The summed E-state index contributed by atoms with van der Waals surface area (Å²) in [6.07, 6.45) is 4.99. The predicted octanol–water partition coefficient (Wildman–Crippen LogP) is -0.571. The van der Waals surface area contributed by atoms with Crippen molar-refractivity contribution < 1.29 is 85.3 Å². The van der Waals surface area contributed by atoms with Crippen LogP contribution in [0.1, 0.15) is 40.0 Å².